The number of halogens is 1. The lowest BCUT2D eigenvalue weighted by atomic mass is 10.2. The van der Waals surface area contributed by atoms with Gasteiger partial charge < -0.3 is 10.7 Å². The number of H-pyrrole nitrogens is 1. The first kappa shape index (κ1) is 7.43. The van der Waals surface area contributed by atoms with Crippen molar-refractivity contribution < 1.29 is 0 Å². The molecule has 0 saturated heterocycles. The number of benzene rings is 1. The summed E-state index contributed by atoms with van der Waals surface area (Å²) in [6.07, 6.45) is 1.64. The number of nitrogens with one attached hydrogen (secondary N) is 1. The number of hydrogen-bond donors (Lipinski definition) is 2. The zero-order chi connectivity index (χ0) is 8.55. The van der Waals surface area contributed by atoms with E-state index in [1.54, 1.807) is 6.33 Å². The molecule has 0 aliphatic heterocycles. The van der Waals surface area contributed by atoms with Crippen LogP contribution in [0.2, 0.25) is 0 Å². The molecule has 0 radical (unpaired) electrons. The minimum absolute atomic E-state index is 0.431. The number of aromatic nitrogens is 2. The van der Waals surface area contributed by atoms with Crippen LogP contribution in [0, 0.1) is 0 Å². The Balaban J connectivity index is 2.73. The van der Waals surface area contributed by atoms with Crippen LogP contribution >= 0.6 is 11.6 Å². The van der Waals surface area contributed by atoms with Crippen molar-refractivity contribution in [3.05, 3.63) is 24.0 Å². The van der Waals surface area contributed by atoms with Crippen LogP contribution in [-0.2, 0) is 5.88 Å². The monoisotopic (exact) mass is 181 g/mol. The van der Waals surface area contributed by atoms with Crippen LogP contribution in [0.4, 0.5) is 5.69 Å². The Labute approximate surface area is 74.5 Å². The van der Waals surface area contributed by atoms with Crippen molar-refractivity contribution in [2.24, 2.45) is 0 Å². The summed E-state index contributed by atoms with van der Waals surface area (Å²) in [5, 5.41) is 0. The highest BCUT2D eigenvalue weighted by molar-refractivity contribution is 6.17. The molecule has 3 nitrogen and oxygen atoms in total. The second-order valence-electron chi connectivity index (χ2n) is 2.60. The van der Waals surface area contributed by atoms with Crippen molar-refractivity contribution in [1.29, 1.82) is 0 Å². The average molecular weight is 182 g/mol. The lowest BCUT2D eigenvalue weighted by molar-refractivity contribution is 1.34. The number of nitrogens with two attached hydrogens (primary N) is 1. The number of fused-ring (bicyclic) bond motifs is 1. The SMILES string of the molecule is Nc1cc2nc[nH]c2cc1CCl. The summed E-state index contributed by atoms with van der Waals surface area (Å²) in [4.78, 5) is 7.07. The largest absolute Gasteiger partial charge is 0.398 e. The molecule has 0 saturated carbocycles. The fraction of sp³-hybridized carbons (Fsp3) is 0.125. The number of aromatic amines is 1. The molecule has 1 heterocycles. The van der Waals surface area contributed by atoms with Crippen LogP contribution in [0.3, 0.4) is 0 Å². The van der Waals surface area contributed by atoms with Crippen LogP contribution in [0.15, 0.2) is 18.5 Å². The number of nitrogen functional groups attached to an aromatic ring is 1. The molecule has 0 amide bonds. The van der Waals surface area contributed by atoms with Gasteiger partial charge in [-0.25, -0.2) is 4.98 Å². The smallest absolute Gasteiger partial charge is 0.0931 e. The van der Waals surface area contributed by atoms with Gasteiger partial charge in [-0.3, -0.25) is 0 Å². The van der Waals surface area contributed by atoms with Crippen LogP contribution in [0.1, 0.15) is 5.56 Å². The minimum Gasteiger partial charge on any atom is -0.398 e. The third-order valence-electron chi connectivity index (χ3n) is 1.83. The van der Waals surface area contributed by atoms with Gasteiger partial charge in [-0.1, -0.05) is 0 Å². The standard InChI is InChI=1S/C8H8ClN3/c9-3-5-1-7-8(2-6(5)10)12-4-11-7/h1-2,4H,3,10H2,(H,11,12). The molecule has 1 aromatic carbocycles. The molecule has 0 fully saturated rings. The number of rotatable bonds is 1. The fourth-order valence-corrected chi connectivity index (χ4v) is 1.39. The first-order chi connectivity index (χ1) is 5.81. The highest BCUT2D eigenvalue weighted by atomic mass is 35.5. The van der Waals surface area contributed by atoms with E-state index in [2.05, 4.69) is 9.97 Å². The molecule has 2 aromatic rings. The van der Waals surface area contributed by atoms with Gasteiger partial charge in [0.1, 0.15) is 0 Å². The van der Waals surface area contributed by atoms with Crippen molar-refractivity contribution in [3.8, 4) is 0 Å². The minimum atomic E-state index is 0.431. The number of anilines is 1. The number of hydrogen-bond acceptors (Lipinski definition) is 2. The average Bonchev–Trinajstić information content (AvgIpc) is 2.49. The van der Waals surface area contributed by atoms with E-state index < -0.39 is 0 Å². The third kappa shape index (κ3) is 1.02. The van der Waals surface area contributed by atoms with E-state index in [1.807, 2.05) is 12.1 Å². The van der Waals surface area contributed by atoms with Gasteiger partial charge >= 0.3 is 0 Å². The molecule has 0 aliphatic rings. The van der Waals surface area contributed by atoms with E-state index in [9.17, 15) is 0 Å². The van der Waals surface area contributed by atoms with Gasteiger partial charge in [-0.05, 0) is 17.7 Å². The Morgan fingerprint density at radius 2 is 2.33 bits per heavy atom. The van der Waals surface area contributed by atoms with Crippen molar-refractivity contribution in [1.82, 2.24) is 9.97 Å². The summed E-state index contributed by atoms with van der Waals surface area (Å²) in [5.41, 5.74) is 9.20. The summed E-state index contributed by atoms with van der Waals surface area (Å²) in [6, 6.07) is 3.74. The van der Waals surface area contributed by atoms with E-state index in [0.717, 1.165) is 16.6 Å². The molecule has 0 atom stereocenters. The van der Waals surface area contributed by atoms with E-state index in [0.29, 0.717) is 11.6 Å². The zero-order valence-corrected chi connectivity index (χ0v) is 7.10. The van der Waals surface area contributed by atoms with Crippen molar-refractivity contribution in [2.45, 2.75) is 5.88 Å². The third-order valence-corrected chi connectivity index (χ3v) is 2.11. The molecule has 0 aliphatic carbocycles. The second kappa shape index (κ2) is 2.68. The molecule has 62 valence electrons. The number of nitrogens with zero attached hydrogens (tertiary/aromatic N) is 1. The van der Waals surface area contributed by atoms with E-state index in [4.69, 9.17) is 17.3 Å². The van der Waals surface area contributed by atoms with Gasteiger partial charge in [0, 0.05) is 11.6 Å². The molecule has 2 rings (SSSR count). The highest BCUT2D eigenvalue weighted by Crippen LogP contribution is 2.20. The first-order valence-electron chi connectivity index (χ1n) is 3.58. The summed E-state index contributed by atoms with van der Waals surface area (Å²) < 4.78 is 0. The second-order valence-corrected chi connectivity index (χ2v) is 2.87. The molecule has 0 spiro atoms. The summed E-state index contributed by atoms with van der Waals surface area (Å²) >= 11 is 5.69. The van der Waals surface area contributed by atoms with Crippen molar-refractivity contribution >= 4 is 28.3 Å². The normalized spacial score (nSPS) is 10.8. The van der Waals surface area contributed by atoms with Crippen LogP contribution in [-0.4, -0.2) is 9.97 Å². The van der Waals surface area contributed by atoms with Gasteiger partial charge in [-0.2, -0.15) is 0 Å². The van der Waals surface area contributed by atoms with E-state index in [-0.39, 0.29) is 0 Å². The molecule has 3 N–H and O–H groups in total. The van der Waals surface area contributed by atoms with Crippen LogP contribution in [0.25, 0.3) is 11.0 Å². The Bertz CT molecular complexity index is 408. The Kier molecular flexibility index (Phi) is 1.66. The molecule has 12 heavy (non-hydrogen) atoms. The summed E-state index contributed by atoms with van der Waals surface area (Å²) in [6.45, 7) is 0. The maximum atomic E-state index is 5.72. The molecular formula is C8H8ClN3. The van der Waals surface area contributed by atoms with Gasteiger partial charge in [-0.15, -0.1) is 11.6 Å². The van der Waals surface area contributed by atoms with Gasteiger partial charge in [0.25, 0.3) is 0 Å². The molecule has 4 heteroatoms. The van der Waals surface area contributed by atoms with Crippen LogP contribution in [0.5, 0.6) is 0 Å². The Hall–Kier alpha value is -1.22. The predicted molar refractivity (Wildman–Crippen MR) is 50.1 cm³/mol. The molecular weight excluding hydrogens is 174 g/mol. The lowest BCUT2D eigenvalue weighted by Crippen LogP contribution is -1.91. The van der Waals surface area contributed by atoms with E-state index >= 15 is 0 Å². The summed E-state index contributed by atoms with van der Waals surface area (Å²) in [5.74, 6) is 0.431. The summed E-state index contributed by atoms with van der Waals surface area (Å²) in [7, 11) is 0. The molecule has 0 bridgehead atoms. The Morgan fingerprint density at radius 1 is 1.50 bits per heavy atom. The van der Waals surface area contributed by atoms with Crippen molar-refractivity contribution in [2.75, 3.05) is 5.73 Å². The zero-order valence-electron chi connectivity index (χ0n) is 6.34. The fourth-order valence-electron chi connectivity index (χ4n) is 1.16. The Morgan fingerprint density at radius 3 is 3.08 bits per heavy atom. The topological polar surface area (TPSA) is 54.7 Å². The molecule has 1 aromatic heterocycles. The van der Waals surface area contributed by atoms with Crippen LogP contribution < -0.4 is 5.73 Å². The first-order valence-corrected chi connectivity index (χ1v) is 4.12. The maximum Gasteiger partial charge on any atom is 0.0931 e. The quantitative estimate of drug-likeness (QED) is 0.522. The number of alkyl halides is 1. The van der Waals surface area contributed by atoms with Gasteiger partial charge in [0.05, 0.1) is 17.4 Å². The predicted octanol–water partition coefficient (Wildman–Crippen LogP) is 1.88. The lowest BCUT2D eigenvalue weighted by Gasteiger charge is -2.00. The van der Waals surface area contributed by atoms with E-state index in [1.165, 1.54) is 0 Å². The maximum absolute atomic E-state index is 5.72. The molecule has 0 unspecified atom stereocenters. The van der Waals surface area contributed by atoms with Gasteiger partial charge in [0.15, 0.2) is 0 Å². The van der Waals surface area contributed by atoms with Gasteiger partial charge in [0.2, 0.25) is 0 Å². The van der Waals surface area contributed by atoms with Crippen molar-refractivity contribution in [3.63, 3.8) is 0 Å². The highest BCUT2D eigenvalue weighted by Gasteiger charge is 2.01. The number of imidazole rings is 1.